The van der Waals surface area contributed by atoms with Crippen LogP contribution >= 0.6 is 0 Å². The molecule has 0 saturated carbocycles. The van der Waals surface area contributed by atoms with Gasteiger partial charge in [-0.05, 0) is 33.1 Å². The van der Waals surface area contributed by atoms with E-state index in [2.05, 4.69) is 24.2 Å². The molecule has 2 rings (SSSR count). The van der Waals surface area contributed by atoms with Gasteiger partial charge in [0, 0.05) is 19.6 Å². The number of rotatable bonds is 1. The molecule has 3 nitrogen and oxygen atoms in total. The lowest BCUT2D eigenvalue weighted by molar-refractivity contribution is 0.0946. The van der Waals surface area contributed by atoms with Crippen LogP contribution in [0.2, 0.25) is 0 Å². The highest BCUT2D eigenvalue weighted by Crippen LogP contribution is 2.25. The third-order valence-corrected chi connectivity index (χ3v) is 3.69. The number of nitrogens with one attached hydrogen (secondary N) is 1. The van der Waals surface area contributed by atoms with Crippen molar-refractivity contribution in [3.63, 3.8) is 0 Å². The first-order valence-corrected chi connectivity index (χ1v) is 6.14. The van der Waals surface area contributed by atoms with Crippen molar-refractivity contribution >= 4 is 5.84 Å². The minimum Gasteiger partial charge on any atom is -0.376 e. The van der Waals surface area contributed by atoms with Gasteiger partial charge in [0.05, 0.1) is 17.5 Å². The molecule has 2 aliphatic rings. The first-order chi connectivity index (χ1) is 7.21. The molecule has 0 aromatic heterocycles. The average molecular weight is 210 g/mol. The summed E-state index contributed by atoms with van der Waals surface area (Å²) in [4.78, 5) is 4.62. The Balaban J connectivity index is 1.97. The minimum absolute atomic E-state index is 0.100. The molecule has 2 atom stereocenters. The standard InChI is InChI=1S/C12H22N2O/c1-10-12(2,7-9-15-10)14-11-6-4-3-5-8-13-11/h10H,3-9H2,1-2H3,(H,13,14). The van der Waals surface area contributed by atoms with Crippen LogP contribution in [0.4, 0.5) is 0 Å². The summed E-state index contributed by atoms with van der Waals surface area (Å²) in [5.74, 6) is 1.20. The molecule has 2 aliphatic heterocycles. The van der Waals surface area contributed by atoms with Gasteiger partial charge in [-0.2, -0.15) is 0 Å². The van der Waals surface area contributed by atoms with Gasteiger partial charge in [-0.1, -0.05) is 6.42 Å². The SMILES string of the molecule is CC1OCCC1(C)NC1=NCCCCC1. The Bertz CT molecular complexity index is 252. The van der Waals surface area contributed by atoms with Crippen LogP contribution in [0.1, 0.15) is 46.0 Å². The normalized spacial score (nSPS) is 37.2. The third kappa shape index (κ3) is 2.51. The van der Waals surface area contributed by atoms with Crippen molar-refractivity contribution in [3.8, 4) is 0 Å². The van der Waals surface area contributed by atoms with Gasteiger partial charge in [0.25, 0.3) is 0 Å². The Morgan fingerprint density at radius 3 is 3.00 bits per heavy atom. The molecule has 0 aliphatic carbocycles. The lowest BCUT2D eigenvalue weighted by atomic mass is 9.94. The van der Waals surface area contributed by atoms with Crippen LogP contribution in [0.3, 0.4) is 0 Å². The largest absolute Gasteiger partial charge is 0.376 e. The van der Waals surface area contributed by atoms with E-state index in [-0.39, 0.29) is 5.54 Å². The summed E-state index contributed by atoms with van der Waals surface area (Å²) >= 11 is 0. The maximum absolute atomic E-state index is 5.62. The number of hydrogen-bond acceptors (Lipinski definition) is 3. The molecule has 86 valence electrons. The zero-order valence-electron chi connectivity index (χ0n) is 9.88. The Morgan fingerprint density at radius 2 is 2.27 bits per heavy atom. The van der Waals surface area contributed by atoms with E-state index in [1.165, 1.54) is 25.1 Å². The molecule has 3 heteroatoms. The van der Waals surface area contributed by atoms with E-state index < -0.39 is 0 Å². The van der Waals surface area contributed by atoms with E-state index in [0.717, 1.165) is 26.0 Å². The summed E-state index contributed by atoms with van der Waals surface area (Å²) in [5.41, 5.74) is 0.100. The first kappa shape index (κ1) is 10.9. The van der Waals surface area contributed by atoms with E-state index in [1.807, 2.05) is 0 Å². The van der Waals surface area contributed by atoms with Crippen molar-refractivity contribution in [1.82, 2.24) is 5.32 Å². The van der Waals surface area contributed by atoms with E-state index in [4.69, 9.17) is 4.74 Å². The first-order valence-electron chi connectivity index (χ1n) is 6.14. The molecule has 0 spiro atoms. The van der Waals surface area contributed by atoms with Crippen LogP contribution in [0.5, 0.6) is 0 Å². The maximum Gasteiger partial charge on any atom is 0.0968 e. The fourth-order valence-corrected chi connectivity index (χ4v) is 2.30. The van der Waals surface area contributed by atoms with Gasteiger partial charge in [0.2, 0.25) is 0 Å². The minimum atomic E-state index is 0.100. The lowest BCUT2D eigenvalue weighted by Gasteiger charge is -2.30. The monoisotopic (exact) mass is 210 g/mol. The second kappa shape index (κ2) is 4.52. The Hall–Kier alpha value is -0.570. The molecule has 0 bridgehead atoms. The zero-order chi connectivity index (χ0) is 10.7. The zero-order valence-corrected chi connectivity index (χ0v) is 9.88. The van der Waals surface area contributed by atoms with Crippen LogP contribution in [0.15, 0.2) is 4.99 Å². The molecule has 0 aromatic carbocycles. The summed E-state index contributed by atoms with van der Waals surface area (Å²) in [5, 5.41) is 3.61. The van der Waals surface area contributed by atoms with Crippen LogP contribution in [-0.2, 0) is 4.74 Å². The number of ether oxygens (including phenoxy) is 1. The number of nitrogens with zero attached hydrogens (tertiary/aromatic N) is 1. The van der Waals surface area contributed by atoms with E-state index in [9.17, 15) is 0 Å². The fourth-order valence-electron chi connectivity index (χ4n) is 2.30. The summed E-state index contributed by atoms with van der Waals surface area (Å²) in [6, 6.07) is 0. The predicted molar refractivity (Wildman–Crippen MR) is 62.3 cm³/mol. The Morgan fingerprint density at radius 1 is 1.40 bits per heavy atom. The van der Waals surface area contributed by atoms with Crippen molar-refractivity contribution in [2.24, 2.45) is 4.99 Å². The van der Waals surface area contributed by atoms with Gasteiger partial charge < -0.3 is 10.1 Å². The molecule has 2 heterocycles. The average Bonchev–Trinajstić information content (AvgIpc) is 2.44. The lowest BCUT2D eigenvalue weighted by Crippen LogP contribution is -2.50. The Kier molecular flexibility index (Phi) is 3.29. The molecule has 0 aromatic rings. The molecule has 0 amide bonds. The third-order valence-electron chi connectivity index (χ3n) is 3.69. The van der Waals surface area contributed by atoms with Gasteiger partial charge in [0.15, 0.2) is 0 Å². The highest BCUT2D eigenvalue weighted by molar-refractivity contribution is 5.83. The molecule has 1 N–H and O–H groups in total. The second-order valence-electron chi connectivity index (χ2n) is 4.94. The summed E-state index contributed by atoms with van der Waals surface area (Å²) in [7, 11) is 0. The fraction of sp³-hybridized carbons (Fsp3) is 0.917. The highest BCUT2D eigenvalue weighted by Gasteiger charge is 2.37. The van der Waals surface area contributed by atoms with Gasteiger partial charge >= 0.3 is 0 Å². The van der Waals surface area contributed by atoms with Crippen molar-refractivity contribution in [2.45, 2.75) is 57.6 Å². The van der Waals surface area contributed by atoms with E-state index >= 15 is 0 Å². The quantitative estimate of drug-likeness (QED) is 0.719. The smallest absolute Gasteiger partial charge is 0.0968 e. The van der Waals surface area contributed by atoms with Gasteiger partial charge in [-0.15, -0.1) is 0 Å². The summed E-state index contributed by atoms with van der Waals surface area (Å²) in [6.45, 7) is 6.26. The predicted octanol–water partition coefficient (Wildman–Crippen LogP) is 2.12. The molecule has 15 heavy (non-hydrogen) atoms. The van der Waals surface area contributed by atoms with Gasteiger partial charge in [-0.25, -0.2) is 0 Å². The summed E-state index contributed by atoms with van der Waals surface area (Å²) in [6.07, 6.45) is 6.33. The van der Waals surface area contributed by atoms with Crippen molar-refractivity contribution in [1.29, 1.82) is 0 Å². The number of hydrogen-bond donors (Lipinski definition) is 1. The number of amidine groups is 1. The molecular weight excluding hydrogens is 188 g/mol. The second-order valence-corrected chi connectivity index (χ2v) is 4.94. The number of aliphatic imine (C=N–C) groups is 1. The van der Waals surface area contributed by atoms with Crippen molar-refractivity contribution in [3.05, 3.63) is 0 Å². The highest BCUT2D eigenvalue weighted by atomic mass is 16.5. The molecular formula is C12H22N2O. The van der Waals surface area contributed by atoms with Crippen LogP contribution in [0.25, 0.3) is 0 Å². The van der Waals surface area contributed by atoms with Crippen LogP contribution in [0, 0.1) is 0 Å². The molecule has 0 radical (unpaired) electrons. The maximum atomic E-state index is 5.62. The topological polar surface area (TPSA) is 33.6 Å². The van der Waals surface area contributed by atoms with Crippen LogP contribution in [-0.4, -0.2) is 30.6 Å². The Labute approximate surface area is 92.3 Å². The summed E-state index contributed by atoms with van der Waals surface area (Å²) < 4.78 is 5.62. The van der Waals surface area contributed by atoms with Crippen molar-refractivity contribution in [2.75, 3.05) is 13.2 Å². The molecule has 1 saturated heterocycles. The van der Waals surface area contributed by atoms with Gasteiger partial charge in [0.1, 0.15) is 0 Å². The molecule has 1 fully saturated rings. The van der Waals surface area contributed by atoms with E-state index in [0.29, 0.717) is 6.10 Å². The van der Waals surface area contributed by atoms with Gasteiger partial charge in [-0.3, -0.25) is 4.99 Å². The van der Waals surface area contributed by atoms with Crippen LogP contribution < -0.4 is 5.32 Å². The van der Waals surface area contributed by atoms with Crippen molar-refractivity contribution < 1.29 is 4.74 Å². The molecule has 2 unspecified atom stereocenters. The van der Waals surface area contributed by atoms with E-state index in [1.54, 1.807) is 0 Å².